The number of halogens is 3. The van der Waals surface area contributed by atoms with E-state index in [9.17, 15) is 26.4 Å². The highest BCUT2D eigenvalue weighted by Crippen LogP contribution is 2.27. The Morgan fingerprint density at radius 3 is 2.28 bits per heavy atom. The summed E-state index contributed by atoms with van der Waals surface area (Å²) in [5, 5.41) is 4.57. The number of carbonyl (C=O) groups excluding carboxylic acids is 1. The number of nitrogens with zero attached hydrogens (tertiary/aromatic N) is 2. The second-order valence-electron chi connectivity index (χ2n) is 8.19. The summed E-state index contributed by atoms with van der Waals surface area (Å²) < 4.78 is 64.4. The van der Waals surface area contributed by atoms with Crippen LogP contribution in [-0.4, -0.2) is 25.6 Å². The van der Waals surface area contributed by atoms with Gasteiger partial charge in [0.25, 0.3) is 5.91 Å². The van der Waals surface area contributed by atoms with Gasteiger partial charge in [0.2, 0.25) is 10.0 Å². The first-order valence-electron chi connectivity index (χ1n) is 10.9. The van der Waals surface area contributed by atoms with Crippen molar-refractivity contribution in [1.82, 2.24) is 10.3 Å². The van der Waals surface area contributed by atoms with Crippen LogP contribution in [0.5, 0.6) is 0 Å². The number of hydrogen-bond donors (Lipinski definition) is 1. The number of amides is 1. The Morgan fingerprint density at radius 2 is 1.64 bits per heavy atom. The molecule has 0 aliphatic carbocycles. The lowest BCUT2D eigenvalue weighted by atomic mass is 10.0. The second-order valence-corrected chi connectivity index (χ2v) is 10.1. The molecule has 6 nitrogen and oxygen atoms in total. The molecule has 0 aliphatic rings. The molecule has 186 valence electrons. The average molecular weight is 514 g/mol. The average Bonchev–Trinajstić information content (AvgIpc) is 2.85. The molecule has 0 bridgehead atoms. The molecule has 0 spiro atoms. The molecule has 10 heteroatoms. The van der Waals surface area contributed by atoms with Crippen LogP contribution in [0.3, 0.4) is 0 Å². The fourth-order valence-corrected chi connectivity index (χ4v) is 4.62. The smallest absolute Gasteiger partial charge is 0.348 e. The van der Waals surface area contributed by atoms with Crippen molar-refractivity contribution in [2.45, 2.75) is 19.3 Å². The molecule has 0 radical (unpaired) electrons. The van der Waals surface area contributed by atoms with Gasteiger partial charge in [-0.05, 0) is 52.2 Å². The van der Waals surface area contributed by atoms with Crippen LogP contribution >= 0.6 is 0 Å². The molecule has 1 aromatic heterocycles. The van der Waals surface area contributed by atoms with Crippen molar-refractivity contribution in [2.24, 2.45) is 0 Å². The Bertz CT molecular complexity index is 1480. The first-order chi connectivity index (χ1) is 17.0. The van der Waals surface area contributed by atoms with Crippen LogP contribution in [0, 0.1) is 0 Å². The highest BCUT2D eigenvalue weighted by molar-refractivity contribution is 7.92. The molecule has 1 N–H and O–H groups in total. The highest BCUT2D eigenvalue weighted by atomic mass is 32.2. The number of sulfonamides is 1. The van der Waals surface area contributed by atoms with E-state index in [1.807, 2.05) is 42.5 Å². The van der Waals surface area contributed by atoms with Crippen LogP contribution in [0.4, 0.5) is 18.9 Å². The summed E-state index contributed by atoms with van der Waals surface area (Å²) in [5.41, 5.74) is 0.912. The molecule has 0 unspecified atom stereocenters. The quantitative estimate of drug-likeness (QED) is 0.371. The van der Waals surface area contributed by atoms with Gasteiger partial charge in [0.1, 0.15) is 5.69 Å². The van der Waals surface area contributed by atoms with Crippen molar-refractivity contribution in [2.75, 3.05) is 10.6 Å². The van der Waals surface area contributed by atoms with E-state index < -0.39 is 27.8 Å². The van der Waals surface area contributed by atoms with Crippen molar-refractivity contribution in [3.63, 3.8) is 0 Å². The van der Waals surface area contributed by atoms with Crippen LogP contribution in [0.25, 0.3) is 10.8 Å². The Kier molecular flexibility index (Phi) is 6.98. The van der Waals surface area contributed by atoms with Crippen LogP contribution in [0.2, 0.25) is 0 Å². The SMILES string of the molecule is CS(=O)(=O)N(Cc1cccc2ccccc12)c1ccc(C(=O)NCc2ccc(C(F)(F)F)nc2)cc1. The van der Waals surface area contributed by atoms with Gasteiger partial charge < -0.3 is 5.32 Å². The molecular weight excluding hydrogens is 491 g/mol. The lowest BCUT2D eigenvalue weighted by Crippen LogP contribution is -2.29. The summed E-state index contributed by atoms with van der Waals surface area (Å²) in [6, 6.07) is 21.6. The highest BCUT2D eigenvalue weighted by Gasteiger charge is 2.32. The Balaban J connectivity index is 1.48. The van der Waals surface area contributed by atoms with Crippen molar-refractivity contribution in [1.29, 1.82) is 0 Å². The third kappa shape index (κ3) is 5.83. The maximum atomic E-state index is 12.6. The maximum absolute atomic E-state index is 12.6. The number of anilines is 1. The molecule has 4 aromatic rings. The lowest BCUT2D eigenvalue weighted by Gasteiger charge is -2.23. The summed E-state index contributed by atoms with van der Waals surface area (Å²) in [6.07, 6.45) is -2.35. The molecular formula is C26H22F3N3O3S. The molecule has 0 saturated heterocycles. The molecule has 0 fully saturated rings. The number of pyridine rings is 1. The van der Waals surface area contributed by atoms with E-state index in [0.29, 0.717) is 11.3 Å². The zero-order valence-electron chi connectivity index (χ0n) is 19.2. The minimum atomic E-state index is -4.53. The van der Waals surface area contributed by atoms with Gasteiger partial charge in [-0.2, -0.15) is 13.2 Å². The summed E-state index contributed by atoms with van der Waals surface area (Å²) in [5.74, 6) is -0.457. The number of carbonyl (C=O) groups is 1. The number of fused-ring (bicyclic) bond motifs is 1. The number of aromatic nitrogens is 1. The normalized spacial score (nSPS) is 11.9. The van der Waals surface area contributed by atoms with Crippen molar-refractivity contribution in [3.8, 4) is 0 Å². The van der Waals surface area contributed by atoms with Crippen LogP contribution in [0.15, 0.2) is 85.1 Å². The van der Waals surface area contributed by atoms with Crippen molar-refractivity contribution >= 4 is 32.4 Å². The number of alkyl halides is 3. The van der Waals surface area contributed by atoms with Crippen molar-refractivity contribution in [3.05, 3.63) is 107 Å². The number of benzene rings is 3. The third-order valence-corrected chi connectivity index (χ3v) is 6.72. The Morgan fingerprint density at radius 1 is 0.944 bits per heavy atom. The molecule has 1 heterocycles. The topological polar surface area (TPSA) is 79.4 Å². The van der Waals surface area contributed by atoms with E-state index in [1.165, 1.54) is 22.5 Å². The third-order valence-electron chi connectivity index (χ3n) is 5.58. The number of hydrogen-bond acceptors (Lipinski definition) is 4. The summed E-state index contributed by atoms with van der Waals surface area (Å²) in [7, 11) is -3.63. The van der Waals surface area contributed by atoms with Gasteiger partial charge >= 0.3 is 6.18 Å². The van der Waals surface area contributed by atoms with Gasteiger partial charge in [0.05, 0.1) is 18.5 Å². The van der Waals surface area contributed by atoms with E-state index in [0.717, 1.165) is 34.9 Å². The van der Waals surface area contributed by atoms with E-state index >= 15 is 0 Å². The van der Waals surface area contributed by atoms with Gasteiger partial charge in [-0.15, -0.1) is 0 Å². The Hall–Kier alpha value is -3.92. The lowest BCUT2D eigenvalue weighted by molar-refractivity contribution is -0.141. The number of nitrogens with one attached hydrogen (secondary N) is 1. The minimum absolute atomic E-state index is 0.0116. The Labute approximate surface area is 206 Å². The van der Waals surface area contributed by atoms with Crippen LogP contribution in [-0.2, 0) is 29.3 Å². The van der Waals surface area contributed by atoms with Gasteiger partial charge in [-0.3, -0.25) is 14.1 Å². The molecule has 4 rings (SSSR count). The molecule has 36 heavy (non-hydrogen) atoms. The fourth-order valence-electron chi connectivity index (χ4n) is 3.75. The first-order valence-corrected chi connectivity index (χ1v) is 12.7. The molecule has 0 aliphatic heterocycles. The molecule has 3 aromatic carbocycles. The van der Waals surface area contributed by atoms with Gasteiger partial charge in [-0.25, -0.2) is 8.42 Å². The van der Waals surface area contributed by atoms with E-state index in [-0.39, 0.29) is 18.7 Å². The van der Waals surface area contributed by atoms with Gasteiger partial charge in [-0.1, -0.05) is 48.5 Å². The van der Waals surface area contributed by atoms with E-state index in [4.69, 9.17) is 0 Å². The molecule has 0 atom stereocenters. The second kappa shape index (κ2) is 9.98. The fraction of sp³-hybridized carbons (Fsp3) is 0.154. The molecule has 0 saturated carbocycles. The predicted molar refractivity (Wildman–Crippen MR) is 132 cm³/mol. The summed E-state index contributed by atoms with van der Waals surface area (Å²) in [4.78, 5) is 15.9. The number of rotatable bonds is 7. The van der Waals surface area contributed by atoms with Gasteiger partial charge in [0, 0.05) is 18.3 Å². The van der Waals surface area contributed by atoms with Crippen LogP contribution < -0.4 is 9.62 Å². The zero-order chi connectivity index (χ0) is 25.9. The van der Waals surface area contributed by atoms with Crippen LogP contribution in [0.1, 0.15) is 27.2 Å². The van der Waals surface area contributed by atoms with Crippen molar-refractivity contribution < 1.29 is 26.4 Å². The first kappa shape index (κ1) is 25.2. The van der Waals surface area contributed by atoms with Gasteiger partial charge in [0.15, 0.2) is 0 Å². The standard InChI is InChI=1S/C26H22F3N3O3S/c1-36(34,35)32(17-21-7-4-6-19-5-2-3-8-23(19)21)22-12-10-20(11-13-22)25(33)31-16-18-9-14-24(30-15-18)26(27,28)29/h2-15H,16-17H2,1H3,(H,31,33). The summed E-state index contributed by atoms with van der Waals surface area (Å²) >= 11 is 0. The molecule has 1 amide bonds. The monoisotopic (exact) mass is 513 g/mol. The van der Waals surface area contributed by atoms with E-state index in [1.54, 1.807) is 12.1 Å². The van der Waals surface area contributed by atoms with E-state index in [2.05, 4.69) is 10.3 Å². The maximum Gasteiger partial charge on any atom is 0.433 e. The summed E-state index contributed by atoms with van der Waals surface area (Å²) in [6.45, 7) is 0.106. The predicted octanol–water partition coefficient (Wildman–Crippen LogP) is 5.15. The minimum Gasteiger partial charge on any atom is -0.348 e. The largest absolute Gasteiger partial charge is 0.433 e. The zero-order valence-corrected chi connectivity index (χ0v) is 20.0.